The third kappa shape index (κ3) is 2.39. The summed E-state index contributed by atoms with van der Waals surface area (Å²) < 4.78 is 0. The lowest BCUT2D eigenvalue weighted by Gasteiger charge is -2.16. The van der Waals surface area contributed by atoms with Crippen LogP contribution in [0.25, 0.3) is 0 Å². The Labute approximate surface area is 125 Å². The van der Waals surface area contributed by atoms with E-state index in [4.69, 9.17) is 0 Å². The van der Waals surface area contributed by atoms with Crippen LogP contribution in [0.4, 0.5) is 5.13 Å². The number of nitrogens with one attached hydrogen (secondary N) is 1. The fourth-order valence-electron chi connectivity index (χ4n) is 2.74. The van der Waals surface area contributed by atoms with Gasteiger partial charge in [-0.15, -0.1) is 11.3 Å². The third-order valence-electron chi connectivity index (χ3n) is 3.93. The maximum Gasteiger partial charge on any atom is 0.312 e. The summed E-state index contributed by atoms with van der Waals surface area (Å²) in [4.78, 5) is 41.0. The number of carbonyl (C=O) groups excluding carboxylic acids is 2. The van der Waals surface area contributed by atoms with E-state index in [0.717, 1.165) is 22.6 Å². The molecule has 0 bridgehead atoms. The number of anilines is 1. The number of thiazole rings is 1. The molecule has 2 heterocycles. The van der Waals surface area contributed by atoms with Crippen molar-refractivity contribution in [3.8, 4) is 0 Å². The van der Waals surface area contributed by atoms with Crippen molar-refractivity contribution in [2.24, 2.45) is 0 Å². The molecular formula is C13H15N3O4S. The van der Waals surface area contributed by atoms with Crippen molar-refractivity contribution in [3.05, 3.63) is 10.6 Å². The van der Waals surface area contributed by atoms with E-state index in [2.05, 4.69) is 10.3 Å². The van der Waals surface area contributed by atoms with Crippen molar-refractivity contribution >= 4 is 34.3 Å². The summed E-state index contributed by atoms with van der Waals surface area (Å²) in [5.74, 6) is -1.92. The Bertz CT molecular complexity index is 627. The van der Waals surface area contributed by atoms with E-state index in [1.807, 2.05) is 0 Å². The van der Waals surface area contributed by atoms with Crippen LogP contribution in [0.2, 0.25) is 0 Å². The number of carboxylic acids is 1. The van der Waals surface area contributed by atoms with Crippen molar-refractivity contribution in [1.29, 1.82) is 0 Å². The smallest absolute Gasteiger partial charge is 0.312 e. The van der Waals surface area contributed by atoms with Crippen LogP contribution in [0.5, 0.6) is 0 Å². The van der Waals surface area contributed by atoms with Gasteiger partial charge in [0.05, 0.1) is 12.1 Å². The number of carboxylic acid groups (broad SMARTS) is 1. The Morgan fingerprint density at radius 3 is 2.86 bits per heavy atom. The molecule has 1 aliphatic carbocycles. The van der Waals surface area contributed by atoms with Gasteiger partial charge >= 0.3 is 5.97 Å². The van der Waals surface area contributed by atoms with Crippen LogP contribution in [0.1, 0.15) is 35.8 Å². The van der Waals surface area contributed by atoms with Crippen LogP contribution >= 0.6 is 11.3 Å². The van der Waals surface area contributed by atoms with Crippen molar-refractivity contribution < 1.29 is 19.5 Å². The SMILES string of the molecule is CN1C(=O)CC(Nc2nc3c(s2)CCCC3C(=O)O)C1=O. The van der Waals surface area contributed by atoms with Gasteiger partial charge in [-0.2, -0.15) is 0 Å². The van der Waals surface area contributed by atoms with Gasteiger partial charge < -0.3 is 10.4 Å². The predicted octanol–water partition coefficient (Wildman–Crippen LogP) is 0.817. The Morgan fingerprint density at radius 2 is 2.24 bits per heavy atom. The quantitative estimate of drug-likeness (QED) is 0.802. The molecule has 0 saturated carbocycles. The Balaban J connectivity index is 1.81. The molecule has 1 saturated heterocycles. The molecule has 2 N–H and O–H groups in total. The van der Waals surface area contributed by atoms with Crippen molar-refractivity contribution in [3.63, 3.8) is 0 Å². The molecule has 0 spiro atoms. The highest BCUT2D eigenvalue weighted by Gasteiger charge is 2.37. The van der Waals surface area contributed by atoms with Gasteiger partial charge in [0.25, 0.3) is 5.91 Å². The monoisotopic (exact) mass is 309 g/mol. The summed E-state index contributed by atoms with van der Waals surface area (Å²) in [6, 6.07) is -0.599. The van der Waals surface area contributed by atoms with Gasteiger partial charge in [-0.05, 0) is 19.3 Å². The number of hydrogen-bond acceptors (Lipinski definition) is 6. The van der Waals surface area contributed by atoms with Crippen molar-refractivity contribution in [1.82, 2.24) is 9.88 Å². The number of aryl methyl sites for hydroxylation is 1. The molecular weight excluding hydrogens is 294 g/mol. The summed E-state index contributed by atoms with van der Waals surface area (Å²) in [7, 11) is 1.46. The number of hydrogen-bond donors (Lipinski definition) is 2. The van der Waals surface area contributed by atoms with E-state index in [1.165, 1.54) is 18.4 Å². The van der Waals surface area contributed by atoms with Crippen LogP contribution in [-0.2, 0) is 20.8 Å². The lowest BCUT2D eigenvalue weighted by atomic mass is 9.91. The normalized spacial score (nSPS) is 25.1. The third-order valence-corrected chi connectivity index (χ3v) is 4.99. The maximum absolute atomic E-state index is 11.9. The molecule has 8 heteroatoms. The summed E-state index contributed by atoms with van der Waals surface area (Å²) in [6.45, 7) is 0. The molecule has 1 aromatic heterocycles. The molecule has 2 amide bonds. The molecule has 1 aromatic rings. The van der Waals surface area contributed by atoms with Gasteiger partial charge in [-0.25, -0.2) is 4.98 Å². The van der Waals surface area contributed by atoms with Crippen LogP contribution in [0.3, 0.4) is 0 Å². The number of aliphatic carboxylic acids is 1. The summed E-state index contributed by atoms with van der Waals surface area (Å²) >= 11 is 1.38. The number of likely N-dealkylation sites (N-methyl/N-ethyl adjacent to an activating group) is 1. The van der Waals surface area contributed by atoms with E-state index in [0.29, 0.717) is 17.2 Å². The minimum atomic E-state index is -0.861. The maximum atomic E-state index is 11.9. The number of nitrogens with zero attached hydrogens (tertiary/aromatic N) is 2. The van der Waals surface area contributed by atoms with Crippen LogP contribution in [-0.4, -0.2) is 45.9 Å². The van der Waals surface area contributed by atoms with Crippen LogP contribution in [0, 0.1) is 0 Å². The van der Waals surface area contributed by atoms with Crippen molar-refractivity contribution in [2.45, 2.75) is 37.6 Å². The molecule has 2 aliphatic rings. The molecule has 1 aliphatic heterocycles. The molecule has 1 fully saturated rings. The predicted molar refractivity (Wildman–Crippen MR) is 75.2 cm³/mol. The highest BCUT2D eigenvalue weighted by molar-refractivity contribution is 7.15. The second-order valence-corrected chi connectivity index (χ2v) is 6.39. The molecule has 0 radical (unpaired) electrons. The standard InChI is InChI=1S/C13H15N3O4S/c1-16-9(17)5-7(11(16)18)14-13-15-10-6(12(19)20)3-2-4-8(10)21-13/h6-7H,2-5H2,1H3,(H,14,15)(H,19,20). The fourth-order valence-corrected chi connectivity index (χ4v) is 3.86. The Kier molecular flexibility index (Phi) is 3.40. The molecule has 7 nitrogen and oxygen atoms in total. The first kappa shape index (κ1) is 14.0. The Hall–Kier alpha value is -1.96. The summed E-state index contributed by atoms with van der Waals surface area (Å²) in [5, 5.41) is 12.7. The summed E-state index contributed by atoms with van der Waals surface area (Å²) in [6.07, 6.45) is 2.35. The lowest BCUT2D eigenvalue weighted by Crippen LogP contribution is -2.31. The van der Waals surface area contributed by atoms with Crippen LogP contribution in [0.15, 0.2) is 0 Å². The number of carbonyl (C=O) groups is 3. The Morgan fingerprint density at radius 1 is 1.48 bits per heavy atom. The molecule has 2 unspecified atom stereocenters. The molecule has 2 atom stereocenters. The van der Waals surface area contributed by atoms with E-state index >= 15 is 0 Å². The number of rotatable bonds is 3. The zero-order chi connectivity index (χ0) is 15.1. The average Bonchev–Trinajstić information content (AvgIpc) is 2.95. The van der Waals surface area contributed by atoms with E-state index in [9.17, 15) is 19.5 Å². The highest BCUT2D eigenvalue weighted by atomic mass is 32.1. The topological polar surface area (TPSA) is 99.6 Å². The fraction of sp³-hybridized carbons (Fsp3) is 0.538. The van der Waals surface area contributed by atoms with Gasteiger partial charge in [0.2, 0.25) is 5.91 Å². The second kappa shape index (κ2) is 5.10. The number of aromatic nitrogens is 1. The molecule has 0 aromatic carbocycles. The van der Waals surface area contributed by atoms with Gasteiger partial charge in [-0.3, -0.25) is 19.3 Å². The summed E-state index contributed by atoms with van der Waals surface area (Å²) in [5.41, 5.74) is 0.603. The number of imide groups is 1. The average molecular weight is 309 g/mol. The molecule has 112 valence electrons. The largest absolute Gasteiger partial charge is 0.481 e. The first-order valence-electron chi connectivity index (χ1n) is 6.76. The lowest BCUT2D eigenvalue weighted by molar-refractivity contribution is -0.139. The number of likely N-dealkylation sites (tertiary alicyclic amines) is 1. The zero-order valence-electron chi connectivity index (χ0n) is 11.5. The first-order chi connectivity index (χ1) is 9.97. The molecule has 21 heavy (non-hydrogen) atoms. The number of fused-ring (bicyclic) bond motifs is 1. The minimum Gasteiger partial charge on any atom is -0.481 e. The van der Waals surface area contributed by atoms with E-state index < -0.39 is 17.9 Å². The molecule has 3 rings (SSSR count). The van der Waals surface area contributed by atoms with Gasteiger partial charge in [0.1, 0.15) is 12.0 Å². The highest BCUT2D eigenvalue weighted by Crippen LogP contribution is 2.37. The zero-order valence-corrected chi connectivity index (χ0v) is 12.3. The van der Waals surface area contributed by atoms with E-state index in [-0.39, 0.29) is 18.2 Å². The minimum absolute atomic E-state index is 0.113. The van der Waals surface area contributed by atoms with Gasteiger partial charge in [0, 0.05) is 11.9 Å². The number of amides is 2. The first-order valence-corrected chi connectivity index (χ1v) is 7.58. The van der Waals surface area contributed by atoms with Crippen molar-refractivity contribution in [2.75, 3.05) is 12.4 Å². The second-order valence-electron chi connectivity index (χ2n) is 5.30. The van der Waals surface area contributed by atoms with E-state index in [1.54, 1.807) is 0 Å². The van der Waals surface area contributed by atoms with Gasteiger partial charge in [0.15, 0.2) is 5.13 Å². The van der Waals surface area contributed by atoms with Crippen LogP contribution < -0.4 is 5.32 Å². The van der Waals surface area contributed by atoms with Gasteiger partial charge in [-0.1, -0.05) is 0 Å².